The van der Waals surface area contributed by atoms with E-state index >= 15 is 0 Å². The smallest absolute Gasteiger partial charge is 0.269 e. The molecular formula is C20H13ClN4O2S. The fraction of sp³-hybridized carbons (Fsp3) is 0.0500. The average Bonchev–Trinajstić information content (AvgIpc) is 3.39. The van der Waals surface area contributed by atoms with Crippen LogP contribution < -0.4 is 5.32 Å². The van der Waals surface area contributed by atoms with Gasteiger partial charge in [-0.2, -0.15) is 0 Å². The second-order valence-electron chi connectivity index (χ2n) is 6.14. The largest absolute Gasteiger partial charge is 0.439 e. The van der Waals surface area contributed by atoms with Crippen LogP contribution in [-0.4, -0.2) is 20.3 Å². The van der Waals surface area contributed by atoms with Crippen molar-refractivity contribution in [1.82, 2.24) is 19.7 Å². The van der Waals surface area contributed by atoms with Crippen molar-refractivity contribution in [2.75, 3.05) is 0 Å². The van der Waals surface area contributed by atoms with Crippen LogP contribution in [0, 0.1) is 0 Å². The number of para-hydroxylation sites is 2. The number of imidazole rings is 1. The molecule has 3 heterocycles. The van der Waals surface area contributed by atoms with Crippen molar-refractivity contribution in [3.8, 4) is 11.3 Å². The first-order valence-corrected chi connectivity index (χ1v) is 9.79. The van der Waals surface area contributed by atoms with Gasteiger partial charge in [0.25, 0.3) is 5.91 Å². The molecule has 0 aliphatic rings. The number of aromatic nitrogens is 3. The lowest BCUT2D eigenvalue weighted by molar-refractivity contribution is 0.0942. The van der Waals surface area contributed by atoms with E-state index in [1.54, 1.807) is 9.78 Å². The fourth-order valence-electron chi connectivity index (χ4n) is 2.99. The Labute approximate surface area is 168 Å². The van der Waals surface area contributed by atoms with Gasteiger partial charge in [0.05, 0.1) is 17.3 Å². The van der Waals surface area contributed by atoms with Gasteiger partial charge in [0.15, 0.2) is 10.5 Å². The second-order valence-corrected chi connectivity index (χ2v) is 7.38. The molecule has 6 nitrogen and oxygen atoms in total. The third-order valence-corrected chi connectivity index (χ3v) is 5.50. The van der Waals surface area contributed by atoms with E-state index in [4.69, 9.17) is 16.0 Å². The lowest BCUT2D eigenvalue weighted by Gasteiger charge is -2.01. The van der Waals surface area contributed by atoms with Gasteiger partial charge in [-0.25, -0.2) is 9.97 Å². The monoisotopic (exact) mass is 408 g/mol. The lowest BCUT2D eigenvalue weighted by Crippen LogP contribution is -2.24. The summed E-state index contributed by atoms with van der Waals surface area (Å²) in [6.45, 7) is 0.205. The summed E-state index contributed by atoms with van der Waals surface area (Å²) in [6.07, 6.45) is 1.82. The minimum atomic E-state index is -0.225. The number of carbonyl (C=O) groups excluding carboxylic acids is 1. The summed E-state index contributed by atoms with van der Waals surface area (Å²) < 4.78 is 7.41. The molecule has 0 fully saturated rings. The Hall–Kier alpha value is -3.16. The molecule has 1 amide bonds. The van der Waals surface area contributed by atoms with Crippen LogP contribution in [0.3, 0.4) is 0 Å². The van der Waals surface area contributed by atoms with Crippen molar-refractivity contribution in [2.24, 2.45) is 0 Å². The highest BCUT2D eigenvalue weighted by molar-refractivity contribution is 7.15. The number of oxazole rings is 1. The van der Waals surface area contributed by atoms with E-state index in [9.17, 15) is 4.79 Å². The molecule has 138 valence electrons. The molecule has 0 saturated heterocycles. The quantitative estimate of drug-likeness (QED) is 0.464. The Balaban J connectivity index is 1.39. The first-order chi connectivity index (χ1) is 13.7. The molecule has 0 aliphatic heterocycles. The summed E-state index contributed by atoms with van der Waals surface area (Å²) in [5.41, 5.74) is 3.53. The number of amides is 1. The Kier molecular flexibility index (Phi) is 4.11. The molecule has 5 rings (SSSR count). The van der Waals surface area contributed by atoms with Crippen molar-refractivity contribution >= 4 is 44.9 Å². The summed E-state index contributed by atoms with van der Waals surface area (Å²) in [5.74, 6) is 0.236. The van der Waals surface area contributed by atoms with Crippen molar-refractivity contribution in [3.63, 3.8) is 0 Å². The third kappa shape index (κ3) is 2.94. The Morgan fingerprint density at radius 1 is 1.14 bits per heavy atom. The molecule has 0 bridgehead atoms. The van der Waals surface area contributed by atoms with Gasteiger partial charge < -0.3 is 9.73 Å². The Bertz CT molecular complexity index is 1290. The highest BCUT2D eigenvalue weighted by Gasteiger charge is 2.17. The van der Waals surface area contributed by atoms with Crippen molar-refractivity contribution < 1.29 is 9.21 Å². The van der Waals surface area contributed by atoms with Crippen LogP contribution in [-0.2, 0) is 6.54 Å². The molecule has 1 N–H and O–H groups in total. The van der Waals surface area contributed by atoms with Crippen LogP contribution >= 0.6 is 22.9 Å². The number of hydrogen-bond donors (Lipinski definition) is 1. The van der Waals surface area contributed by atoms with Gasteiger partial charge in [-0.3, -0.25) is 9.20 Å². The summed E-state index contributed by atoms with van der Waals surface area (Å²) in [4.78, 5) is 22.3. The van der Waals surface area contributed by atoms with Gasteiger partial charge in [-0.15, -0.1) is 11.3 Å². The SMILES string of the molecule is O=C(NCc1nc2ccccc2o1)c1csc2nc(-c3ccccc3Cl)cn12. The topological polar surface area (TPSA) is 72.4 Å². The van der Waals surface area contributed by atoms with E-state index in [-0.39, 0.29) is 12.5 Å². The predicted molar refractivity (Wildman–Crippen MR) is 109 cm³/mol. The van der Waals surface area contributed by atoms with E-state index in [1.807, 2.05) is 54.7 Å². The minimum absolute atomic E-state index is 0.205. The van der Waals surface area contributed by atoms with Crippen LogP contribution in [0.5, 0.6) is 0 Å². The molecule has 8 heteroatoms. The Morgan fingerprint density at radius 3 is 2.82 bits per heavy atom. The zero-order valence-corrected chi connectivity index (χ0v) is 16.0. The standard InChI is InChI=1S/C20H13ClN4O2S/c21-13-6-2-1-5-12(13)15-10-25-16(11-28-20(25)24-15)19(26)22-9-18-23-14-7-3-4-8-17(14)27-18/h1-8,10-11H,9H2,(H,22,26). The summed E-state index contributed by atoms with van der Waals surface area (Å²) in [5, 5.41) is 5.25. The highest BCUT2D eigenvalue weighted by atomic mass is 35.5. The molecule has 0 atom stereocenters. The van der Waals surface area contributed by atoms with Gasteiger partial charge in [-0.05, 0) is 18.2 Å². The second kappa shape index (κ2) is 6.78. The summed E-state index contributed by atoms with van der Waals surface area (Å²) in [6, 6.07) is 15.0. The lowest BCUT2D eigenvalue weighted by atomic mass is 10.2. The van der Waals surface area contributed by atoms with E-state index < -0.39 is 0 Å². The number of nitrogens with one attached hydrogen (secondary N) is 1. The Morgan fingerprint density at radius 2 is 1.96 bits per heavy atom. The van der Waals surface area contributed by atoms with Crippen LogP contribution in [0.15, 0.2) is 64.5 Å². The van der Waals surface area contributed by atoms with Gasteiger partial charge >= 0.3 is 0 Å². The maximum Gasteiger partial charge on any atom is 0.269 e. The molecule has 2 aromatic carbocycles. The van der Waals surface area contributed by atoms with Crippen LogP contribution in [0.2, 0.25) is 5.02 Å². The first-order valence-electron chi connectivity index (χ1n) is 8.53. The molecule has 0 unspecified atom stereocenters. The van der Waals surface area contributed by atoms with Crippen LogP contribution in [0.4, 0.5) is 0 Å². The van der Waals surface area contributed by atoms with Crippen LogP contribution in [0.25, 0.3) is 27.3 Å². The van der Waals surface area contributed by atoms with Gasteiger partial charge in [-0.1, -0.05) is 41.9 Å². The van der Waals surface area contributed by atoms with Crippen molar-refractivity contribution in [3.05, 3.63) is 76.7 Å². The molecule has 3 aromatic heterocycles. The normalized spacial score (nSPS) is 11.3. The van der Waals surface area contributed by atoms with Gasteiger partial charge in [0, 0.05) is 17.1 Å². The zero-order valence-electron chi connectivity index (χ0n) is 14.4. The number of hydrogen-bond acceptors (Lipinski definition) is 5. The molecule has 0 aliphatic carbocycles. The number of nitrogens with zero attached hydrogens (tertiary/aromatic N) is 3. The predicted octanol–water partition coefficient (Wildman–Crippen LogP) is 4.79. The van der Waals surface area contributed by atoms with E-state index in [2.05, 4.69) is 15.3 Å². The number of halogens is 1. The maximum atomic E-state index is 12.7. The van der Waals surface area contributed by atoms with Gasteiger partial charge in [0.1, 0.15) is 11.2 Å². The van der Waals surface area contributed by atoms with E-state index in [0.717, 1.165) is 21.7 Å². The molecule has 0 radical (unpaired) electrons. The zero-order chi connectivity index (χ0) is 19.1. The van der Waals surface area contributed by atoms with Crippen LogP contribution in [0.1, 0.15) is 16.4 Å². The third-order valence-electron chi connectivity index (χ3n) is 4.33. The highest BCUT2D eigenvalue weighted by Crippen LogP contribution is 2.29. The first kappa shape index (κ1) is 17.0. The van der Waals surface area contributed by atoms with Gasteiger partial charge in [0.2, 0.25) is 5.89 Å². The molecule has 5 aromatic rings. The molecule has 28 heavy (non-hydrogen) atoms. The number of fused-ring (bicyclic) bond motifs is 2. The minimum Gasteiger partial charge on any atom is -0.439 e. The fourth-order valence-corrected chi connectivity index (χ4v) is 4.07. The maximum absolute atomic E-state index is 12.7. The molecular weight excluding hydrogens is 396 g/mol. The summed E-state index contributed by atoms with van der Waals surface area (Å²) in [7, 11) is 0. The number of rotatable bonds is 4. The van der Waals surface area contributed by atoms with Crippen molar-refractivity contribution in [2.45, 2.75) is 6.54 Å². The van der Waals surface area contributed by atoms with E-state index in [1.165, 1.54) is 11.3 Å². The van der Waals surface area contributed by atoms with E-state index in [0.29, 0.717) is 22.2 Å². The average molecular weight is 409 g/mol. The number of thiazole rings is 1. The number of benzene rings is 2. The summed E-state index contributed by atoms with van der Waals surface area (Å²) >= 11 is 7.66. The molecule has 0 saturated carbocycles. The van der Waals surface area contributed by atoms with Crippen molar-refractivity contribution in [1.29, 1.82) is 0 Å². The molecule has 0 spiro atoms. The number of carbonyl (C=O) groups is 1.